The summed E-state index contributed by atoms with van der Waals surface area (Å²) < 4.78 is 4.76. The van der Waals surface area contributed by atoms with Crippen LogP contribution in [-0.2, 0) is 9.53 Å². The molecular weight excluding hydrogens is 158 g/mol. The van der Waals surface area contributed by atoms with E-state index in [4.69, 9.17) is 4.74 Å². The van der Waals surface area contributed by atoms with Crippen LogP contribution >= 0.6 is 0 Å². The number of ether oxygens (including phenoxy) is 1. The van der Waals surface area contributed by atoms with Crippen LogP contribution in [0.15, 0.2) is 0 Å². The molecule has 0 aromatic rings. The van der Waals surface area contributed by atoms with Crippen LogP contribution in [0.1, 0.15) is 13.8 Å². The maximum Gasteiger partial charge on any atom is 0.410 e. The van der Waals surface area contributed by atoms with Crippen LogP contribution < -0.4 is 0 Å². The second-order valence-corrected chi connectivity index (χ2v) is 2.95. The van der Waals surface area contributed by atoms with Crippen molar-refractivity contribution < 1.29 is 14.3 Å². The van der Waals surface area contributed by atoms with Gasteiger partial charge in [-0.1, -0.05) is 6.92 Å². The Morgan fingerprint density at radius 1 is 1.75 bits per heavy atom. The number of carbonyl (C=O) groups excluding carboxylic acids is 2. The van der Waals surface area contributed by atoms with E-state index in [0.29, 0.717) is 13.2 Å². The van der Waals surface area contributed by atoms with E-state index in [0.717, 1.165) is 0 Å². The number of Topliss-reactive ketones (excluding diaryl/α,β-unsaturated/α-hetero) is 1. The van der Waals surface area contributed by atoms with Crippen LogP contribution in [0.5, 0.6) is 0 Å². The summed E-state index contributed by atoms with van der Waals surface area (Å²) in [4.78, 5) is 23.6. The van der Waals surface area contributed by atoms with Crippen molar-refractivity contribution >= 4 is 11.9 Å². The molecule has 68 valence electrons. The fourth-order valence-corrected chi connectivity index (χ4v) is 1.19. The summed E-state index contributed by atoms with van der Waals surface area (Å²) >= 11 is 0. The van der Waals surface area contributed by atoms with Gasteiger partial charge in [0.1, 0.15) is 0 Å². The third kappa shape index (κ3) is 1.75. The molecule has 1 atom stereocenters. The summed E-state index contributed by atoms with van der Waals surface area (Å²) in [5.41, 5.74) is 0. The molecule has 0 N–H and O–H groups in total. The Morgan fingerprint density at radius 2 is 2.42 bits per heavy atom. The average molecular weight is 171 g/mol. The summed E-state index contributed by atoms with van der Waals surface area (Å²) in [5, 5.41) is 0. The lowest BCUT2D eigenvalue weighted by atomic mass is 10.1. The zero-order valence-corrected chi connectivity index (χ0v) is 7.37. The second kappa shape index (κ2) is 3.56. The molecule has 0 bridgehead atoms. The molecule has 1 unspecified atom stereocenters. The van der Waals surface area contributed by atoms with Crippen LogP contribution in [-0.4, -0.2) is 36.5 Å². The zero-order valence-electron chi connectivity index (χ0n) is 7.37. The Hall–Kier alpha value is -1.06. The molecule has 4 nitrogen and oxygen atoms in total. The average Bonchev–Trinajstić information content (AvgIpc) is 2.33. The molecule has 1 fully saturated rings. The third-order valence-corrected chi connectivity index (χ3v) is 1.92. The first-order chi connectivity index (χ1) is 5.65. The van der Waals surface area contributed by atoms with E-state index in [-0.39, 0.29) is 24.3 Å². The first kappa shape index (κ1) is 9.03. The van der Waals surface area contributed by atoms with Gasteiger partial charge in [-0.3, -0.25) is 4.79 Å². The topological polar surface area (TPSA) is 46.6 Å². The number of likely N-dealkylation sites (tertiary alicyclic amines) is 1. The van der Waals surface area contributed by atoms with Crippen LogP contribution in [0.3, 0.4) is 0 Å². The number of amides is 1. The number of hydrogen-bond donors (Lipinski definition) is 0. The second-order valence-electron chi connectivity index (χ2n) is 2.95. The van der Waals surface area contributed by atoms with Gasteiger partial charge in [0.2, 0.25) is 0 Å². The lowest BCUT2D eigenvalue weighted by molar-refractivity contribution is -0.119. The van der Waals surface area contributed by atoms with Crippen LogP contribution in [0.4, 0.5) is 4.79 Å². The van der Waals surface area contributed by atoms with Gasteiger partial charge in [0.05, 0.1) is 13.2 Å². The van der Waals surface area contributed by atoms with Gasteiger partial charge in [-0.2, -0.15) is 0 Å². The fraction of sp³-hybridized carbons (Fsp3) is 0.750. The van der Waals surface area contributed by atoms with Gasteiger partial charge in [0.15, 0.2) is 5.78 Å². The van der Waals surface area contributed by atoms with Crippen molar-refractivity contribution in [3.63, 3.8) is 0 Å². The smallest absolute Gasteiger partial charge is 0.410 e. The number of nitrogens with zero attached hydrogens (tertiary/aromatic N) is 1. The predicted octanol–water partition coefficient (Wildman–Crippen LogP) is 0.664. The number of carbonyl (C=O) groups is 2. The van der Waals surface area contributed by atoms with Gasteiger partial charge in [-0.05, 0) is 6.92 Å². The molecule has 0 aromatic carbocycles. The minimum absolute atomic E-state index is 0.0330. The zero-order chi connectivity index (χ0) is 9.14. The van der Waals surface area contributed by atoms with E-state index in [1.54, 1.807) is 6.92 Å². The van der Waals surface area contributed by atoms with E-state index >= 15 is 0 Å². The predicted molar refractivity (Wildman–Crippen MR) is 42.8 cm³/mol. The van der Waals surface area contributed by atoms with Crippen molar-refractivity contribution in [3.8, 4) is 0 Å². The normalized spacial score (nSPS) is 23.0. The highest BCUT2D eigenvalue weighted by atomic mass is 16.6. The minimum Gasteiger partial charge on any atom is -0.450 e. The number of rotatable bonds is 1. The SMILES string of the molecule is CCOC(=O)N1CC(=O)C(C)C1. The Bertz CT molecular complexity index is 202. The Morgan fingerprint density at radius 3 is 2.83 bits per heavy atom. The molecule has 0 spiro atoms. The van der Waals surface area contributed by atoms with Crippen molar-refractivity contribution in [2.75, 3.05) is 19.7 Å². The van der Waals surface area contributed by atoms with E-state index in [1.165, 1.54) is 4.90 Å². The van der Waals surface area contributed by atoms with Crippen LogP contribution in [0.25, 0.3) is 0 Å². The van der Waals surface area contributed by atoms with Gasteiger partial charge in [-0.15, -0.1) is 0 Å². The first-order valence-electron chi connectivity index (χ1n) is 4.09. The number of hydrogen-bond acceptors (Lipinski definition) is 3. The molecule has 1 rings (SSSR count). The summed E-state index contributed by atoms with van der Waals surface area (Å²) in [6, 6.07) is 0. The molecule has 1 amide bonds. The summed E-state index contributed by atoms with van der Waals surface area (Å²) in [6.07, 6.45) is -0.379. The molecule has 0 saturated carbocycles. The minimum atomic E-state index is -0.379. The van der Waals surface area contributed by atoms with Crippen molar-refractivity contribution in [3.05, 3.63) is 0 Å². The van der Waals surface area contributed by atoms with Gasteiger partial charge < -0.3 is 9.64 Å². The Kier molecular flexibility index (Phi) is 2.68. The molecule has 0 aliphatic carbocycles. The molecule has 0 aromatic heterocycles. The molecule has 4 heteroatoms. The van der Waals surface area contributed by atoms with Crippen LogP contribution in [0, 0.1) is 5.92 Å². The fourth-order valence-electron chi connectivity index (χ4n) is 1.19. The highest BCUT2D eigenvalue weighted by Gasteiger charge is 2.30. The molecule has 0 radical (unpaired) electrons. The van der Waals surface area contributed by atoms with Crippen molar-refractivity contribution in [1.29, 1.82) is 0 Å². The summed E-state index contributed by atoms with van der Waals surface area (Å²) in [6.45, 7) is 4.64. The van der Waals surface area contributed by atoms with E-state index in [9.17, 15) is 9.59 Å². The van der Waals surface area contributed by atoms with Crippen molar-refractivity contribution in [2.45, 2.75) is 13.8 Å². The van der Waals surface area contributed by atoms with E-state index < -0.39 is 0 Å². The maximum absolute atomic E-state index is 11.1. The number of ketones is 1. The van der Waals surface area contributed by atoms with Gasteiger partial charge in [0, 0.05) is 12.5 Å². The Labute approximate surface area is 71.5 Å². The van der Waals surface area contributed by atoms with Gasteiger partial charge >= 0.3 is 6.09 Å². The molecule has 1 heterocycles. The maximum atomic E-state index is 11.1. The van der Waals surface area contributed by atoms with E-state index in [1.807, 2.05) is 6.92 Å². The van der Waals surface area contributed by atoms with E-state index in [2.05, 4.69) is 0 Å². The highest BCUT2D eigenvalue weighted by molar-refractivity contribution is 5.89. The molecule has 12 heavy (non-hydrogen) atoms. The van der Waals surface area contributed by atoms with Gasteiger partial charge in [-0.25, -0.2) is 4.79 Å². The highest BCUT2D eigenvalue weighted by Crippen LogP contribution is 2.12. The Balaban J connectivity index is 2.46. The molecule has 1 saturated heterocycles. The summed E-state index contributed by atoms with van der Waals surface area (Å²) in [5.74, 6) is 0.0810. The van der Waals surface area contributed by atoms with Gasteiger partial charge in [0.25, 0.3) is 0 Å². The first-order valence-corrected chi connectivity index (χ1v) is 4.09. The monoisotopic (exact) mass is 171 g/mol. The standard InChI is InChI=1S/C8H13NO3/c1-3-12-8(11)9-4-6(2)7(10)5-9/h6H,3-5H2,1-2H3. The summed E-state index contributed by atoms with van der Waals surface area (Å²) in [7, 11) is 0. The van der Waals surface area contributed by atoms with Crippen molar-refractivity contribution in [1.82, 2.24) is 4.90 Å². The molecule has 1 aliphatic rings. The molecular formula is C8H13NO3. The lowest BCUT2D eigenvalue weighted by Gasteiger charge is -2.13. The lowest BCUT2D eigenvalue weighted by Crippen LogP contribution is -2.29. The molecule has 1 aliphatic heterocycles. The largest absolute Gasteiger partial charge is 0.450 e. The third-order valence-electron chi connectivity index (χ3n) is 1.92. The quantitative estimate of drug-likeness (QED) is 0.582. The van der Waals surface area contributed by atoms with Crippen LogP contribution in [0.2, 0.25) is 0 Å². The van der Waals surface area contributed by atoms with Crippen molar-refractivity contribution in [2.24, 2.45) is 5.92 Å².